The van der Waals surface area contributed by atoms with E-state index < -0.39 is 0 Å². The molecule has 0 amide bonds. The predicted molar refractivity (Wildman–Crippen MR) is 107 cm³/mol. The van der Waals surface area contributed by atoms with Crippen molar-refractivity contribution in [1.29, 1.82) is 0 Å². The number of benzene rings is 1. The third-order valence-corrected chi connectivity index (χ3v) is 5.78. The van der Waals surface area contributed by atoms with E-state index in [1.165, 1.54) is 0 Å². The van der Waals surface area contributed by atoms with E-state index in [-0.39, 0.29) is 6.61 Å². The molecule has 6 heteroatoms. The monoisotopic (exact) mass is 367 g/mol. The third-order valence-electron chi connectivity index (χ3n) is 4.04. The van der Waals surface area contributed by atoms with Gasteiger partial charge in [-0.15, -0.1) is 22.7 Å². The normalized spacial score (nSPS) is 11.1. The Bertz CT molecular complexity index is 981. The quantitative estimate of drug-likeness (QED) is 0.564. The zero-order valence-corrected chi connectivity index (χ0v) is 15.3. The molecule has 0 unspecified atom stereocenters. The average molecular weight is 367 g/mol. The number of hydrogen-bond donors (Lipinski definition) is 1. The number of anilines is 1. The fourth-order valence-corrected chi connectivity index (χ4v) is 4.40. The molecule has 126 valence electrons. The predicted octanol–water partition coefficient (Wildman–Crippen LogP) is 4.52. The van der Waals surface area contributed by atoms with Gasteiger partial charge in [-0.1, -0.05) is 36.4 Å². The van der Waals surface area contributed by atoms with Crippen LogP contribution in [0.3, 0.4) is 0 Å². The molecule has 4 nitrogen and oxygen atoms in total. The SMILES string of the molecule is CN(CCO)c1nc(-c2cccs2)nc2scc(-c3ccccc3)c12. The first-order valence-electron chi connectivity index (χ1n) is 7.98. The van der Waals surface area contributed by atoms with Crippen molar-refractivity contribution in [2.24, 2.45) is 0 Å². The summed E-state index contributed by atoms with van der Waals surface area (Å²) < 4.78 is 0. The summed E-state index contributed by atoms with van der Waals surface area (Å²) in [7, 11) is 1.96. The topological polar surface area (TPSA) is 49.2 Å². The van der Waals surface area contributed by atoms with Crippen LogP contribution in [-0.2, 0) is 0 Å². The summed E-state index contributed by atoms with van der Waals surface area (Å²) in [5.74, 6) is 1.60. The number of rotatable bonds is 5. The number of hydrogen-bond acceptors (Lipinski definition) is 6. The van der Waals surface area contributed by atoms with E-state index in [0.717, 1.165) is 37.9 Å². The second kappa shape index (κ2) is 6.92. The average Bonchev–Trinajstić information content (AvgIpc) is 3.31. The van der Waals surface area contributed by atoms with Crippen LogP contribution in [0.5, 0.6) is 0 Å². The lowest BCUT2D eigenvalue weighted by molar-refractivity contribution is 0.304. The minimum atomic E-state index is 0.0845. The standard InChI is InChI=1S/C19H17N3OS2/c1-22(9-10-23)18-16-14(13-6-3-2-4-7-13)12-25-19(16)21-17(20-18)15-8-5-11-24-15/h2-8,11-12,23H,9-10H2,1H3. The van der Waals surface area contributed by atoms with Gasteiger partial charge in [-0.25, -0.2) is 9.97 Å². The van der Waals surface area contributed by atoms with Crippen molar-refractivity contribution in [1.82, 2.24) is 9.97 Å². The van der Waals surface area contributed by atoms with Gasteiger partial charge in [0.1, 0.15) is 10.6 Å². The summed E-state index contributed by atoms with van der Waals surface area (Å²) in [5.41, 5.74) is 2.29. The van der Waals surface area contributed by atoms with Gasteiger partial charge in [0.2, 0.25) is 0 Å². The van der Waals surface area contributed by atoms with Crippen LogP contribution in [0.25, 0.3) is 32.0 Å². The maximum absolute atomic E-state index is 9.38. The summed E-state index contributed by atoms with van der Waals surface area (Å²) >= 11 is 3.27. The van der Waals surface area contributed by atoms with E-state index in [1.54, 1.807) is 22.7 Å². The molecule has 25 heavy (non-hydrogen) atoms. The molecule has 3 aromatic heterocycles. The lowest BCUT2D eigenvalue weighted by Gasteiger charge is -2.19. The van der Waals surface area contributed by atoms with Crippen LogP contribution in [0.15, 0.2) is 53.2 Å². The van der Waals surface area contributed by atoms with Gasteiger partial charge in [0.25, 0.3) is 0 Å². The van der Waals surface area contributed by atoms with E-state index in [2.05, 4.69) is 17.5 Å². The van der Waals surface area contributed by atoms with Crippen molar-refractivity contribution >= 4 is 38.7 Å². The number of aromatic nitrogens is 2. The number of aliphatic hydroxyl groups is 1. The maximum atomic E-state index is 9.38. The van der Waals surface area contributed by atoms with Gasteiger partial charge in [-0.05, 0) is 17.0 Å². The molecule has 0 atom stereocenters. The van der Waals surface area contributed by atoms with Gasteiger partial charge < -0.3 is 10.0 Å². The molecule has 1 N–H and O–H groups in total. The molecule has 0 aliphatic rings. The number of thiophene rings is 2. The Labute approximate surface area is 154 Å². The molecular weight excluding hydrogens is 350 g/mol. The fourth-order valence-electron chi connectivity index (χ4n) is 2.80. The summed E-state index contributed by atoms with van der Waals surface area (Å²) in [4.78, 5) is 13.7. The first-order chi connectivity index (χ1) is 12.3. The second-order valence-corrected chi connectivity index (χ2v) is 7.49. The highest BCUT2D eigenvalue weighted by Gasteiger charge is 2.18. The minimum Gasteiger partial charge on any atom is -0.395 e. The highest BCUT2D eigenvalue weighted by Crippen LogP contribution is 2.39. The largest absolute Gasteiger partial charge is 0.395 e. The van der Waals surface area contributed by atoms with Gasteiger partial charge in [-0.3, -0.25) is 0 Å². The molecule has 0 radical (unpaired) electrons. The van der Waals surface area contributed by atoms with E-state index in [4.69, 9.17) is 9.97 Å². The summed E-state index contributed by atoms with van der Waals surface area (Å²) in [6.07, 6.45) is 0. The summed E-state index contributed by atoms with van der Waals surface area (Å²) in [6.45, 7) is 0.612. The van der Waals surface area contributed by atoms with E-state index in [0.29, 0.717) is 6.54 Å². The zero-order chi connectivity index (χ0) is 17.2. The number of aliphatic hydroxyl groups excluding tert-OH is 1. The van der Waals surface area contributed by atoms with Crippen molar-refractivity contribution in [2.45, 2.75) is 0 Å². The summed E-state index contributed by atoms with van der Waals surface area (Å²) in [5, 5.41) is 14.6. The third kappa shape index (κ3) is 3.04. The van der Waals surface area contributed by atoms with Gasteiger partial charge in [-0.2, -0.15) is 0 Å². The van der Waals surface area contributed by atoms with Crippen molar-refractivity contribution in [2.75, 3.05) is 25.1 Å². The number of fused-ring (bicyclic) bond motifs is 1. The Morgan fingerprint density at radius 1 is 1.04 bits per heavy atom. The molecule has 0 aliphatic heterocycles. The molecule has 0 aliphatic carbocycles. The van der Waals surface area contributed by atoms with Crippen LogP contribution in [-0.4, -0.2) is 35.3 Å². The van der Waals surface area contributed by atoms with Crippen LogP contribution in [0.2, 0.25) is 0 Å². The molecule has 0 bridgehead atoms. The molecule has 1 aromatic carbocycles. The van der Waals surface area contributed by atoms with Crippen LogP contribution in [0.1, 0.15) is 0 Å². The van der Waals surface area contributed by atoms with Crippen molar-refractivity contribution in [3.8, 4) is 21.8 Å². The van der Waals surface area contributed by atoms with Crippen molar-refractivity contribution < 1.29 is 5.11 Å². The molecule has 0 saturated heterocycles. The Morgan fingerprint density at radius 3 is 2.60 bits per heavy atom. The highest BCUT2D eigenvalue weighted by molar-refractivity contribution is 7.17. The maximum Gasteiger partial charge on any atom is 0.173 e. The van der Waals surface area contributed by atoms with Crippen molar-refractivity contribution in [3.63, 3.8) is 0 Å². The first kappa shape index (κ1) is 16.2. The van der Waals surface area contributed by atoms with E-state index in [9.17, 15) is 5.11 Å². The van der Waals surface area contributed by atoms with Crippen LogP contribution in [0, 0.1) is 0 Å². The second-order valence-electron chi connectivity index (χ2n) is 5.69. The molecule has 4 aromatic rings. The van der Waals surface area contributed by atoms with Crippen LogP contribution >= 0.6 is 22.7 Å². The zero-order valence-electron chi connectivity index (χ0n) is 13.7. The highest BCUT2D eigenvalue weighted by atomic mass is 32.1. The lowest BCUT2D eigenvalue weighted by atomic mass is 10.1. The molecule has 0 fully saturated rings. The molecule has 0 saturated carbocycles. The number of likely N-dealkylation sites (N-methyl/N-ethyl adjacent to an activating group) is 1. The van der Waals surface area contributed by atoms with Gasteiger partial charge >= 0.3 is 0 Å². The first-order valence-corrected chi connectivity index (χ1v) is 9.74. The van der Waals surface area contributed by atoms with Gasteiger partial charge in [0.05, 0.1) is 16.9 Å². The molecular formula is C19H17N3OS2. The Balaban J connectivity index is 1.96. The minimum absolute atomic E-state index is 0.0845. The lowest BCUT2D eigenvalue weighted by Crippen LogP contribution is -2.22. The Morgan fingerprint density at radius 2 is 1.88 bits per heavy atom. The Hall–Kier alpha value is -2.28. The molecule has 4 rings (SSSR count). The van der Waals surface area contributed by atoms with E-state index in [1.807, 2.05) is 47.7 Å². The van der Waals surface area contributed by atoms with Gasteiger partial charge in [0, 0.05) is 24.5 Å². The number of nitrogens with zero attached hydrogens (tertiary/aromatic N) is 3. The molecule has 0 spiro atoms. The van der Waals surface area contributed by atoms with E-state index >= 15 is 0 Å². The fraction of sp³-hybridized carbons (Fsp3) is 0.158. The van der Waals surface area contributed by atoms with Crippen LogP contribution < -0.4 is 4.90 Å². The van der Waals surface area contributed by atoms with Crippen LogP contribution in [0.4, 0.5) is 5.82 Å². The molecule has 3 heterocycles. The Kier molecular flexibility index (Phi) is 4.48. The summed E-state index contributed by atoms with van der Waals surface area (Å²) in [6, 6.07) is 14.3. The smallest absolute Gasteiger partial charge is 0.173 e. The van der Waals surface area contributed by atoms with Crippen molar-refractivity contribution in [3.05, 3.63) is 53.2 Å². The van der Waals surface area contributed by atoms with Gasteiger partial charge in [0.15, 0.2) is 5.82 Å².